The van der Waals surface area contributed by atoms with Crippen LogP contribution in [0.25, 0.3) is 0 Å². The molecule has 0 spiro atoms. The number of halogens is 1. The molecule has 3 heteroatoms. The van der Waals surface area contributed by atoms with Gasteiger partial charge in [0.15, 0.2) is 6.73 Å². The van der Waals surface area contributed by atoms with E-state index in [0.717, 1.165) is 0 Å². The number of rotatable bonds is 1. The highest BCUT2D eigenvalue weighted by Gasteiger charge is 1.99. The summed E-state index contributed by atoms with van der Waals surface area (Å²) in [6, 6.07) is 0. The zero-order valence-corrected chi connectivity index (χ0v) is 8.44. The summed E-state index contributed by atoms with van der Waals surface area (Å²) in [5.74, 6) is 0. The van der Waals surface area contributed by atoms with Gasteiger partial charge in [0.25, 0.3) is 0 Å². The SMILES string of the molecule is CCC.C[N+](C)(C)CO.[Cl-]. The van der Waals surface area contributed by atoms with Crippen molar-refractivity contribution in [3.8, 4) is 0 Å². The monoisotopic (exact) mass is 169 g/mol. The van der Waals surface area contributed by atoms with E-state index in [-0.39, 0.29) is 19.1 Å². The fourth-order valence-electron chi connectivity index (χ4n) is 0. The van der Waals surface area contributed by atoms with Crippen LogP contribution in [0.5, 0.6) is 0 Å². The average Bonchev–Trinajstić information content (AvgIpc) is 1.67. The molecular weight excluding hydrogens is 150 g/mol. The molecule has 0 aliphatic rings. The highest BCUT2D eigenvalue weighted by atomic mass is 35.5. The van der Waals surface area contributed by atoms with Gasteiger partial charge in [-0.15, -0.1) is 0 Å². The minimum Gasteiger partial charge on any atom is -1.00 e. The Morgan fingerprint density at radius 3 is 1.20 bits per heavy atom. The summed E-state index contributed by atoms with van der Waals surface area (Å²) >= 11 is 0. The second-order valence-electron chi connectivity index (χ2n) is 3.14. The lowest BCUT2D eigenvalue weighted by atomic mass is 10.6. The number of aliphatic hydroxyl groups excluding tert-OH is 1. The van der Waals surface area contributed by atoms with Crippen molar-refractivity contribution < 1.29 is 22.0 Å². The predicted octanol–water partition coefficient (Wildman–Crippen LogP) is -1.94. The minimum atomic E-state index is 0. The van der Waals surface area contributed by atoms with Gasteiger partial charge in [-0.05, 0) is 0 Å². The highest BCUT2D eigenvalue weighted by Crippen LogP contribution is 1.81. The third kappa shape index (κ3) is 41.4. The van der Waals surface area contributed by atoms with Gasteiger partial charge in [-0.1, -0.05) is 20.3 Å². The maximum atomic E-state index is 8.38. The van der Waals surface area contributed by atoms with E-state index in [9.17, 15) is 0 Å². The summed E-state index contributed by atoms with van der Waals surface area (Å²) < 4.78 is 0.625. The first kappa shape index (κ1) is 16.7. The van der Waals surface area contributed by atoms with Gasteiger partial charge in [0.05, 0.1) is 21.1 Å². The lowest BCUT2D eigenvalue weighted by Gasteiger charge is -2.19. The Kier molecular flexibility index (Phi) is 15.3. The largest absolute Gasteiger partial charge is 1.00 e. The molecule has 0 aromatic carbocycles. The maximum absolute atomic E-state index is 8.38. The second-order valence-corrected chi connectivity index (χ2v) is 3.14. The normalized spacial score (nSPS) is 9.00. The van der Waals surface area contributed by atoms with Crippen LogP contribution in [0.15, 0.2) is 0 Å². The van der Waals surface area contributed by atoms with Crippen LogP contribution in [0, 0.1) is 0 Å². The van der Waals surface area contributed by atoms with Crippen molar-refractivity contribution in [1.82, 2.24) is 0 Å². The summed E-state index contributed by atoms with van der Waals surface area (Å²) in [6.45, 7) is 4.46. The maximum Gasteiger partial charge on any atom is 0.179 e. The van der Waals surface area contributed by atoms with Crippen LogP contribution < -0.4 is 12.4 Å². The molecule has 0 aromatic heterocycles. The number of quaternary nitrogens is 1. The van der Waals surface area contributed by atoms with E-state index in [1.807, 2.05) is 21.1 Å². The third-order valence-corrected chi connectivity index (χ3v) is 0.424. The molecule has 0 saturated carbocycles. The predicted molar refractivity (Wildman–Crippen MR) is 41.1 cm³/mol. The molecule has 0 radical (unpaired) electrons. The molecule has 0 rings (SSSR count). The molecule has 1 N–H and O–H groups in total. The van der Waals surface area contributed by atoms with Crippen molar-refractivity contribution in [3.63, 3.8) is 0 Å². The first-order chi connectivity index (χ1) is 3.97. The fourth-order valence-corrected chi connectivity index (χ4v) is 0. The van der Waals surface area contributed by atoms with Crippen molar-refractivity contribution in [3.05, 3.63) is 0 Å². The molecule has 0 heterocycles. The molecule has 0 atom stereocenters. The Hall–Kier alpha value is 0.210. The zero-order chi connectivity index (χ0) is 7.91. The molecule has 0 aliphatic carbocycles. The van der Waals surface area contributed by atoms with E-state index >= 15 is 0 Å². The van der Waals surface area contributed by atoms with Gasteiger partial charge in [0.2, 0.25) is 0 Å². The van der Waals surface area contributed by atoms with Gasteiger partial charge < -0.3 is 22.0 Å². The zero-order valence-electron chi connectivity index (χ0n) is 7.69. The van der Waals surface area contributed by atoms with Crippen molar-refractivity contribution in [1.29, 1.82) is 0 Å². The molecule has 0 amide bonds. The Balaban J connectivity index is -0.000000107. The lowest BCUT2D eigenvalue weighted by molar-refractivity contribution is -0.889. The molecule has 0 fully saturated rings. The molecule has 0 aliphatic heterocycles. The van der Waals surface area contributed by atoms with E-state index in [4.69, 9.17) is 5.11 Å². The van der Waals surface area contributed by atoms with Crippen LogP contribution in [0.4, 0.5) is 0 Å². The van der Waals surface area contributed by atoms with Crippen LogP contribution in [0.2, 0.25) is 0 Å². The Morgan fingerprint density at radius 1 is 1.10 bits per heavy atom. The van der Waals surface area contributed by atoms with Gasteiger partial charge >= 0.3 is 0 Å². The van der Waals surface area contributed by atoms with Gasteiger partial charge in [0, 0.05) is 0 Å². The number of nitrogens with zero attached hydrogens (tertiary/aromatic N) is 1. The third-order valence-electron chi connectivity index (χ3n) is 0.424. The van der Waals surface area contributed by atoms with E-state index in [1.165, 1.54) is 6.42 Å². The van der Waals surface area contributed by atoms with Crippen molar-refractivity contribution >= 4 is 0 Å². The smallest absolute Gasteiger partial charge is 0.179 e. The fraction of sp³-hybridized carbons (Fsp3) is 1.00. The molecule has 0 saturated heterocycles. The quantitative estimate of drug-likeness (QED) is 0.358. The van der Waals surface area contributed by atoms with Gasteiger partial charge in [-0.3, -0.25) is 0 Å². The second kappa shape index (κ2) is 9.21. The van der Waals surface area contributed by atoms with Crippen LogP contribution in [0.1, 0.15) is 20.3 Å². The summed E-state index contributed by atoms with van der Waals surface area (Å²) in [5.41, 5.74) is 0. The van der Waals surface area contributed by atoms with E-state index < -0.39 is 0 Å². The van der Waals surface area contributed by atoms with Gasteiger partial charge in [0.1, 0.15) is 0 Å². The lowest BCUT2D eigenvalue weighted by Crippen LogP contribution is -3.00. The van der Waals surface area contributed by atoms with Crippen LogP contribution in [-0.4, -0.2) is 37.5 Å². The number of hydrogen-bond acceptors (Lipinski definition) is 1. The minimum absolute atomic E-state index is 0. The molecule has 2 nitrogen and oxygen atoms in total. The Labute approximate surface area is 70.9 Å². The van der Waals surface area contributed by atoms with Crippen LogP contribution in [-0.2, 0) is 0 Å². The Bertz CT molecular complexity index is 52.1. The van der Waals surface area contributed by atoms with Crippen molar-refractivity contribution in [2.24, 2.45) is 0 Å². The standard InChI is InChI=1S/C4H12NO.C3H8.ClH/c1-5(2,3)4-6;1-3-2;/h6H,4H2,1-3H3;3H2,1-2H3;1H/q+1;;/p-1. The molecule has 0 unspecified atom stereocenters. The molecular formula is C7H20ClNO. The summed E-state index contributed by atoms with van der Waals surface area (Å²) in [5, 5.41) is 8.38. The molecule has 66 valence electrons. The van der Waals surface area contributed by atoms with E-state index in [2.05, 4.69) is 13.8 Å². The van der Waals surface area contributed by atoms with E-state index in [1.54, 1.807) is 0 Å². The molecule has 0 aromatic rings. The summed E-state index contributed by atoms with van der Waals surface area (Å²) in [4.78, 5) is 0. The Morgan fingerprint density at radius 2 is 1.20 bits per heavy atom. The first-order valence-electron chi connectivity index (χ1n) is 3.39. The molecule has 10 heavy (non-hydrogen) atoms. The van der Waals surface area contributed by atoms with Crippen molar-refractivity contribution in [2.75, 3.05) is 27.9 Å². The first-order valence-corrected chi connectivity index (χ1v) is 3.39. The highest BCUT2D eigenvalue weighted by molar-refractivity contribution is 3.94. The summed E-state index contributed by atoms with van der Waals surface area (Å²) in [6.07, 6.45) is 1.25. The average molecular weight is 170 g/mol. The van der Waals surface area contributed by atoms with Crippen molar-refractivity contribution in [2.45, 2.75) is 20.3 Å². The van der Waals surface area contributed by atoms with Gasteiger partial charge in [-0.2, -0.15) is 0 Å². The van der Waals surface area contributed by atoms with Crippen LogP contribution >= 0.6 is 0 Å². The molecule has 0 bridgehead atoms. The van der Waals surface area contributed by atoms with Gasteiger partial charge in [-0.25, -0.2) is 0 Å². The summed E-state index contributed by atoms with van der Waals surface area (Å²) in [7, 11) is 5.79. The van der Waals surface area contributed by atoms with E-state index in [0.29, 0.717) is 4.48 Å². The van der Waals surface area contributed by atoms with Crippen LogP contribution in [0.3, 0.4) is 0 Å². The number of aliphatic hydroxyl groups is 1. The topological polar surface area (TPSA) is 20.2 Å². The number of hydrogen-bond donors (Lipinski definition) is 1.